The third kappa shape index (κ3) is 5.27. The van der Waals surface area contributed by atoms with Crippen LogP contribution in [0.15, 0.2) is 79.4 Å². The fraction of sp³-hybridized carbons (Fsp3) is 0.154. The molecule has 2 aromatic carbocycles. The number of carbonyl (C=O) groups is 1. The van der Waals surface area contributed by atoms with Gasteiger partial charge in [0.15, 0.2) is 0 Å². The number of benzene rings is 2. The van der Waals surface area contributed by atoms with Gasteiger partial charge >= 0.3 is 6.36 Å². The van der Waals surface area contributed by atoms with Gasteiger partial charge in [-0.05, 0) is 41.5 Å². The van der Waals surface area contributed by atoms with Gasteiger partial charge in [0.1, 0.15) is 23.9 Å². The summed E-state index contributed by atoms with van der Waals surface area (Å²) in [4.78, 5) is 27.9. The minimum atomic E-state index is -4.76. The summed E-state index contributed by atoms with van der Waals surface area (Å²) in [6.45, 7) is 0.845. The molecule has 2 aromatic heterocycles. The van der Waals surface area contributed by atoms with E-state index >= 15 is 0 Å². The molecule has 0 spiro atoms. The number of halogens is 3. The summed E-state index contributed by atoms with van der Waals surface area (Å²) in [6.07, 6.45) is 2.03. The fourth-order valence-corrected chi connectivity index (χ4v) is 3.83. The Hall–Kier alpha value is -4.47. The molecule has 36 heavy (non-hydrogen) atoms. The van der Waals surface area contributed by atoms with Gasteiger partial charge in [-0.1, -0.05) is 24.3 Å². The molecule has 5 rings (SSSR count). The summed E-state index contributed by atoms with van der Waals surface area (Å²) >= 11 is 0. The van der Waals surface area contributed by atoms with Gasteiger partial charge in [0.25, 0.3) is 5.91 Å². The van der Waals surface area contributed by atoms with E-state index in [0.29, 0.717) is 41.4 Å². The molecule has 0 saturated heterocycles. The number of alkyl halides is 3. The molecule has 0 unspecified atom stereocenters. The molecule has 1 aliphatic heterocycles. The zero-order chi connectivity index (χ0) is 25.1. The normalized spacial score (nSPS) is 13.5. The summed E-state index contributed by atoms with van der Waals surface area (Å²) in [5.74, 6) is 0.356. The number of rotatable bonds is 5. The molecule has 0 aliphatic carbocycles. The highest BCUT2D eigenvalue weighted by molar-refractivity contribution is 5.98. The van der Waals surface area contributed by atoms with Crippen molar-refractivity contribution in [3.63, 3.8) is 0 Å². The minimum Gasteiger partial charge on any atom is -0.491 e. The van der Waals surface area contributed by atoms with Crippen LogP contribution < -0.4 is 9.47 Å². The van der Waals surface area contributed by atoms with E-state index in [4.69, 9.17) is 4.74 Å². The Bertz CT molecular complexity index is 1360. The molecule has 7 nitrogen and oxygen atoms in total. The van der Waals surface area contributed by atoms with Gasteiger partial charge in [0, 0.05) is 35.9 Å². The number of aromatic nitrogens is 3. The van der Waals surface area contributed by atoms with Crippen LogP contribution in [-0.2, 0) is 6.54 Å². The largest absolute Gasteiger partial charge is 0.573 e. The summed E-state index contributed by atoms with van der Waals surface area (Å²) in [5, 5.41) is 0. The molecule has 182 valence electrons. The second-order valence-corrected chi connectivity index (χ2v) is 7.99. The van der Waals surface area contributed by atoms with E-state index in [1.54, 1.807) is 47.9 Å². The molecule has 0 saturated carbocycles. The smallest absolute Gasteiger partial charge is 0.491 e. The maximum atomic E-state index is 13.4. The lowest BCUT2D eigenvalue weighted by Crippen LogP contribution is -2.32. The molecule has 10 heteroatoms. The van der Waals surface area contributed by atoms with Crippen LogP contribution in [0.1, 0.15) is 16.2 Å². The van der Waals surface area contributed by atoms with E-state index in [2.05, 4.69) is 19.7 Å². The van der Waals surface area contributed by atoms with Crippen LogP contribution in [0, 0.1) is 0 Å². The molecule has 1 amide bonds. The van der Waals surface area contributed by atoms with E-state index in [1.807, 2.05) is 12.1 Å². The first-order valence-corrected chi connectivity index (χ1v) is 11.0. The van der Waals surface area contributed by atoms with Crippen molar-refractivity contribution in [2.24, 2.45) is 0 Å². The van der Waals surface area contributed by atoms with Crippen LogP contribution in [0.2, 0.25) is 0 Å². The number of carbonyl (C=O) groups excluding carboxylic acids is 1. The van der Waals surface area contributed by atoms with Gasteiger partial charge in [0.05, 0.1) is 18.7 Å². The number of amides is 1. The minimum absolute atomic E-state index is 0.197. The molecule has 3 heterocycles. The lowest BCUT2D eigenvalue weighted by molar-refractivity contribution is -0.274. The van der Waals surface area contributed by atoms with Gasteiger partial charge in [0.2, 0.25) is 0 Å². The van der Waals surface area contributed by atoms with Crippen LogP contribution >= 0.6 is 0 Å². The highest BCUT2D eigenvalue weighted by Gasteiger charge is 2.31. The van der Waals surface area contributed by atoms with Crippen molar-refractivity contribution >= 4 is 5.91 Å². The SMILES string of the molecule is O=C1c2cc(-c3ccc(OC(F)(F)F)cc3)ccc2OCCN1Cc1ncc(-c2cccnc2)cn1. The lowest BCUT2D eigenvalue weighted by atomic mass is 10.0. The monoisotopic (exact) mass is 492 g/mol. The molecular formula is C26H19F3N4O3. The Balaban J connectivity index is 1.34. The highest BCUT2D eigenvalue weighted by atomic mass is 19.4. The van der Waals surface area contributed by atoms with Crippen LogP contribution in [0.5, 0.6) is 11.5 Å². The molecule has 0 N–H and O–H groups in total. The first-order valence-electron chi connectivity index (χ1n) is 11.0. The van der Waals surface area contributed by atoms with E-state index in [9.17, 15) is 18.0 Å². The maximum absolute atomic E-state index is 13.4. The third-order valence-electron chi connectivity index (χ3n) is 5.57. The first-order chi connectivity index (χ1) is 17.4. The standard InChI is InChI=1S/C26H19F3N4O3/c27-26(28,29)36-21-6-3-17(4-7-21)18-5-8-23-22(12-18)25(34)33(10-11-35-23)16-24-31-14-20(15-32-24)19-2-1-9-30-13-19/h1-9,12-15H,10-11,16H2. The lowest BCUT2D eigenvalue weighted by Gasteiger charge is -2.19. The predicted molar refractivity (Wildman–Crippen MR) is 124 cm³/mol. The average Bonchev–Trinajstić information content (AvgIpc) is 3.03. The van der Waals surface area contributed by atoms with Crippen LogP contribution in [0.3, 0.4) is 0 Å². The molecule has 1 aliphatic rings. The van der Waals surface area contributed by atoms with Crippen LogP contribution in [-0.4, -0.2) is 45.3 Å². The summed E-state index contributed by atoms with van der Waals surface area (Å²) in [6, 6.07) is 14.3. The zero-order valence-corrected chi connectivity index (χ0v) is 18.8. The van der Waals surface area contributed by atoms with Crippen molar-refractivity contribution in [1.29, 1.82) is 0 Å². The van der Waals surface area contributed by atoms with Gasteiger partial charge in [-0.25, -0.2) is 9.97 Å². The topological polar surface area (TPSA) is 77.4 Å². The second-order valence-electron chi connectivity index (χ2n) is 7.99. The van der Waals surface area contributed by atoms with Gasteiger partial charge in [-0.15, -0.1) is 13.2 Å². The van der Waals surface area contributed by atoms with Gasteiger partial charge in [-0.2, -0.15) is 0 Å². The maximum Gasteiger partial charge on any atom is 0.573 e. The van der Waals surface area contributed by atoms with Crippen molar-refractivity contribution in [2.75, 3.05) is 13.2 Å². The Morgan fingerprint density at radius 1 is 0.917 bits per heavy atom. The third-order valence-corrected chi connectivity index (χ3v) is 5.57. The first kappa shape index (κ1) is 23.3. The Morgan fingerprint density at radius 3 is 2.36 bits per heavy atom. The Morgan fingerprint density at radius 2 is 1.67 bits per heavy atom. The summed E-state index contributed by atoms with van der Waals surface area (Å²) in [5.41, 5.74) is 3.35. The molecule has 4 aromatic rings. The Kier molecular flexibility index (Phi) is 6.24. The number of hydrogen-bond donors (Lipinski definition) is 0. The highest BCUT2D eigenvalue weighted by Crippen LogP contribution is 2.31. The molecular weight excluding hydrogens is 473 g/mol. The molecule has 0 atom stereocenters. The average molecular weight is 492 g/mol. The number of ether oxygens (including phenoxy) is 2. The summed E-state index contributed by atoms with van der Waals surface area (Å²) < 4.78 is 47.0. The quantitative estimate of drug-likeness (QED) is 0.384. The van der Waals surface area contributed by atoms with Gasteiger partial charge in [-0.3, -0.25) is 9.78 Å². The van der Waals surface area contributed by atoms with Crippen molar-refractivity contribution < 1.29 is 27.4 Å². The van der Waals surface area contributed by atoms with Gasteiger partial charge < -0.3 is 14.4 Å². The van der Waals surface area contributed by atoms with Crippen molar-refractivity contribution in [3.8, 4) is 33.8 Å². The number of hydrogen-bond acceptors (Lipinski definition) is 6. The van der Waals surface area contributed by atoms with Crippen LogP contribution in [0.25, 0.3) is 22.3 Å². The second kappa shape index (κ2) is 9.65. The van der Waals surface area contributed by atoms with Crippen molar-refractivity contribution in [3.05, 3.63) is 90.8 Å². The predicted octanol–water partition coefficient (Wildman–Crippen LogP) is 5.14. The van der Waals surface area contributed by atoms with E-state index in [-0.39, 0.29) is 18.2 Å². The van der Waals surface area contributed by atoms with E-state index in [1.165, 1.54) is 24.3 Å². The van der Waals surface area contributed by atoms with E-state index in [0.717, 1.165) is 11.1 Å². The number of pyridine rings is 1. The van der Waals surface area contributed by atoms with Crippen molar-refractivity contribution in [2.45, 2.75) is 12.9 Å². The molecule has 0 radical (unpaired) electrons. The van der Waals surface area contributed by atoms with Crippen LogP contribution in [0.4, 0.5) is 13.2 Å². The molecule has 0 fully saturated rings. The van der Waals surface area contributed by atoms with E-state index < -0.39 is 6.36 Å². The fourth-order valence-electron chi connectivity index (χ4n) is 3.83. The van der Waals surface area contributed by atoms with Crippen molar-refractivity contribution in [1.82, 2.24) is 19.9 Å². The summed E-state index contributed by atoms with van der Waals surface area (Å²) in [7, 11) is 0. The number of nitrogens with zero attached hydrogens (tertiary/aromatic N) is 4. The zero-order valence-electron chi connectivity index (χ0n) is 18.8. The number of fused-ring (bicyclic) bond motifs is 1. The molecule has 0 bridgehead atoms. The Labute approximate surface area is 204 Å².